The number of nitrogens with zero attached hydrogens (tertiary/aromatic N) is 2. The van der Waals surface area contributed by atoms with Crippen molar-refractivity contribution in [2.75, 3.05) is 7.11 Å². The van der Waals surface area contributed by atoms with Crippen molar-refractivity contribution in [3.8, 4) is 11.5 Å². The largest absolute Gasteiger partial charge is 0.493 e. The topological polar surface area (TPSA) is 34.1 Å². The van der Waals surface area contributed by atoms with E-state index >= 15 is 0 Å². The third kappa shape index (κ3) is 2.56. The van der Waals surface area contributed by atoms with Crippen LogP contribution in [0, 0.1) is 0 Å². The molecular formula is C20H21ClN2O2. The van der Waals surface area contributed by atoms with Gasteiger partial charge in [-0.25, -0.2) is 5.01 Å². The summed E-state index contributed by atoms with van der Waals surface area (Å²) in [5, 5.41) is 7.77. The van der Waals surface area contributed by atoms with E-state index in [0.29, 0.717) is 0 Å². The Bertz CT molecular complexity index is 834. The van der Waals surface area contributed by atoms with Gasteiger partial charge in [0, 0.05) is 23.4 Å². The maximum absolute atomic E-state index is 6.38. The van der Waals surface area contributed by atoms with E-state index in [1.165, 1.54) is 0 Å². The van der Waals surface area contributed by atoms with Gasteiger partial charge in [0.2, 0.25) is 0 Å². The Hall–Kier alpha value is -2.20. The van der Waals surface area contributed by atoms with Gasteiger partial charge >= 0.3 is 0 Å². The van der Waals surface area contributed by atoms with Gasteiger partial charge in [-0.3, -0.25) is 0 Å². The molecule has 0 bridgehead atoms. The van der Waals surface area contributed by atoms with Gasteiger partial charge < -0.3 is 9.47 Å². The van der Waals surface area contributed by atoms with Crippen molar-refractivity contribution in [1.82, 2.24) is 5.01 Å². The molecule has 0 saturated heterocycles. The summed E-state index contributed by atoms with van der Waals surface area (Å²) in [6.45, 7) is 4.21. The van der Waals surface area contributed by atoms with Crippen molar-refractivity contribution in [2.45, 2.75) is 38.5 Å². The highest BCUT2D eigenvalue weighted by Gasteiger charge is 2.47. The molecule has 2 aromatic carbocycles. The number of hydrazone groups is 1. The van der Waals surface area contributed by atoms with E-state index in [-0.39, 0.29) is 6.04 Å². The SMILES string of the molecule is CC[C@@]1(C)Oc2c(OC)cccc2[C@@H]2CC(c3ccc(Cl)cc3)=NN21. The van der Waals surface area contributed by atoms with E-state index in [1.807, 2.05) is 36.4 Å². The van der Waals surface area contributed by atoms with Crippen LogP contribution in [0.25, 0.3) is 0 Å². The number of benzene rings is 2. The summed E-state index contributed by atoms with van der Waals surface area (Å²) in [4.78, 5) is 0. The molecule has 2 atom stereocenters. The third-order valence-electron chi connectivity index (χ3n) is 5.14. The van der Waals surface area contributed by atoms with E-state index < -0.39 is 5.72 Å². The molecule has 2 aromatic rings. The van der Waals surface area contributed by atoms with Crippen LogP contribution in [0.3, 0.4) is 0 Å². The number of halogens is 1. The predicted octanol–water partition coefficient (Wildman–Crippen LogP) is 5.02. The minimum Gasteiger partial charge on any atom is -0.493 e. The number of hydrogen-bond donors (Lipinski definition) is 0. The average molecular weight is 357 g/mol. The lowest BCUT2D eigenvalue weighted by Gasteiger charge is -2.45. The molecule has 0 amide bonds. The normalized spacial score (nSPS) is 24.2. The fraction of sp³-hybridized carbons (Fsp3) is 0.350. The lowest BCUT2D eigenvalue weighted by molar-refractivity contribution is -0.109. The van der Waals surface area contributed by atoms with Gasteiger partial charge in [0.15, 0.2) is 17.2 Å². The van der Waals surface area contributed by atoms with Crippen LogP contribution in [-0.4, -0.2) is 23.6 Å². The lowest BCUT2D eigenvalue weighted by atomic mass is 9.94. The average Bonchev–Trinajstić information content (AvgIpc) is 3.09. The minimum absolute atomic E-state index is 0.148. The molecule has 0 spiro atoms. The van der Waals surface area contributed by atoms with Gasteiger partial charge in [-0.05, 0) is 30.7 Å². The maximum atomic E-state index is 6.38. The number of rotatable bonds is 3. The van der Waals surface area contributed by atoms with Crippen molar-refractivity contribution in [2.24, 2.45) is 5.10 Å². The van der Waals surface area contributed by atoms with Crippen LogP contribution < -0.4 is 9.47 Å². The second-order valence-corrected chi connectivity index (χ2v) is 7.06. The van der Waals surface area contributed by atoms with Crippen molar-refractivity contribution < 1.29 is 9.47 Å². The summed E-state index contributed by atoms with van der Waals surface area (Å²) in [7, 11) is 1.68. The standard InChI is InChI=1S/C20H21ClN2O2/c1-4-20(2)23-17(15-6-5-7-18(24-3)19(15)25-20)12-16(22-23)13-8-10-14(21)11-9-13/h5-11,17H,4,12H2,1-3H3/t17-,20+/m0/s1. The second kappa shape index (κ2) is 5.95. The highest BCUT2D eigenvalue weighted by atomic mass is 35.5. The smallest absolute Gasteiger partial charge is 0.195 e. The van der Waals surface area contributed by atoms with E-state index in [1.54, 1.807) is 7.11 Å². The molecule has 0 radical (unpaired) electrons. The molecule has 4 nitrogen and oxygen atoms in total. The summed E-state index contributed by atoms with van der Waals surface area (Å²) in [5.74, 6) is 1.61. The molecule has 0 saturated carbocycles. The molecule has 2 aliphatic rings. The Kier molecular flexibility index (Phi) is 3.88. The van der Waals surface area contributed by atoms with Crippen molar-refractivity contribution >= 4 is 17.3 Å². The molecule has 0 aliphatic carbocycles. The Morgan fingerprint density at radius 3 is 2.72 bits per heavy atom. The molecular weight excluding hydrogens is 336 g/mol. The first-order chi connectivity index (χ1) is 12.1. The summed E-state index contributed by atoms with van der Waals surface area (Å²) < 4.78 is 11.9. The maximum Gasteiger partial charge on any atom is 0.195 e. The van der Waals surface area contributed by atoms with E-state index in [4.69, 9.17) is 26.2 Å². The van der Waals surface area contributed by atoms with E-state index in [0.717, 1.165) is 46.2 Å². The summed E-state index contributed by atoms with van der Waals surface area (Å²) in [6.07, 6.45) is 1.65. The Balaban J connectivity index is 1.79. The zero-order chi connectivity index (χ0) is 17.6. The van der Waals surface area contributed by atoms with Crippen LogP contribution in [0.5, 0.6) is 11.5 Å². The zero-order valence-electron chi connectivity index (χ0n) is 14.6. The Morgan fingerprint density at radius 1 is 1.28 bits per heavy atom. The number of hydrogen-bond acceptors (Lipinski definition) is 4. The predicted molar refractivity (Wildman–Crippen MR) is 99.5 cm³/mol. The van der Waals surface area contributed by atoms with Gasteiger partial charge in [-0.2, -0.15) is 5.10 Å². The molecule has 0 unspecified atom stereocenters. The Labute approximate surface area is 153 Å². The van der Waals surface area contributed by atoms with Crippen molar-refractivity contribution in [3.63, 3.8) is 0 Å². The van der Waals surface area contributed by atoms with Gasteiger partial charge in [0.1, 0.15) is 0 Å². The van der Waals surface area contributed by atoms with E-state index in [2.05, 4.69) is 24.9 Å². The Morgan fingerprint density at radius 2 is 2.04 bits per heavy atom. The van der Waals surface area contributed by atoms with Crippen LogP contribution in [0.4, 0.5) is 0 Å². The first kappa shape index (κ1) is 16.3. The summed E-state index contributed by atoms with van der Waals surface area (Å²) in [5.41, 5.74) is 2.78. The van der Waals surface area contributed by atoms with Crippen LogP contribution in [0.1, 0.15) is 43.9 Å². The third-order valence-corrected chi connectivity index (χ3v) is 5.39. The highest BCUT2D eigenvalue weighted by Crippen LogP contribution is 2.50. The summed E-state index contributed by atoms with van der Waals surface area (Å²) >= 11 is 6.02. The fourth-order valence-corrected chi connectivity index (χ4v) is 3.70. The van der Waals surface area contributed by atoms with E-state index in [9.17, 15) is 0 Å². The molecule has 0 N–H and O–H groups in total. The lowest BCUT2D eigenvalue weighted by Crippen LogP contribution is -2.50. The minimum atomic E-state index is -0.500. The second-order valence-electron chi connectivity index (χ2n) is 6.63. The molecule has 0 aromatic heterocycles. The van der Waals surface area contributed by atoms with Crippen molar-refractivity contribution in [3.05, 3.63) is 58.6 Å². The number of fused-ring (bicyclic) bond motifs is 3. The van der Waals surface area contributed by atoms with Crippen LogP contribution >= 0.6 is 11.6 Å². The molecule has 2 aliphatic heterocycles. The van der Waals surface area contributed by atoms with Crippen molar-refractivity contribution in [1.29, 1.82) is 0 Å². The summed E-state index contributed by atoms with van der Waals surface area (Å²) in [6, 6.07) is 14.1. The molecule has 0 fully saturated rings. The van der Waals surface area contributed by atoms with Crippen LogP contribution in [0.2, 0.25) is 5.02 Å². The number of para-hydroxylation sites is 1. The fourth-order valence-electron chi connectivity index (χ4n) is 3.57. The monoisotopic (exact) mass is 356 g/mol. The first-order valence-corrected chi connectivity index (χ1v) is 8.92. The molecule has 130 valence electrons. The van der Waals surface area contributed by atoms with Gasteiger partial charge in [0.25, 0.3) is 0 Å². The van der Waals surface area contributed by atoms with Crippen LogP contribution in [-0.2, 0) is 0 Å². The van der Waals surface area contributed by atoms with Gasteiger partial charge in [0.05, 0.1) is 18.9 Å². The number of methoxy groups -OCH3 is 1. The molecule has 5 heteroatoms. The first-order valence-electron chi connectivity index (χ1n) is 8.54. The molecule has 4 rings (SSSR count). The van der Waals surface area contributed by atoms with Gasteiger partial charge in [-0.1, -0.05) is 42.8 Å². The quantitative estimate of drug-likeness (QED) is 0.774. The highest BCUT2D eigenvalue weighted by molar-refractivity contribution is 6.30. The molecule has 2 heterocycles. The van der Waals surface area contributed by atoms with Gasteiger partial charge in [-0.15, -0.1) is 0 Å². The van der Waals surface area contributed by atoms with Crippen LogP contribution in [0.15, 0.2) is 47.6 Å². The zero-order valence-corrected chi connectivity index (χ0v) is 15.4. The number of ether oxygens (including phenoxy) is 2. The molecule has 25 heavy (non-hydrogen) atoms.